The van der Waals surface area contributed by atoms with Gasteiger partial charge in [0, 0.05) is 29.2 Å². The molecular weight excluding hydrogens is 480 g/mol. The lowest BCUT2D eigenvalue weighted by Gasteiger charge is -2.25. The highest BCUT2D eigenvalue weighted by molar-refractivity contribution is 6.46. The van der Waals surface area contributed by atoms with E-state index in [1.165, 1.54) is 30.2 Å². The maximum atomic E-state index is 13.3. The first-order chi connectivity index (χ1) is 17.4. The van der Waals surface area contributed by atoms with Crippen LogP contribution in [0.4, 0.5) is 0 Å². The molecule has 1 aliphatic rings. The molecule has 7 nitrogen and oxygen atoms in total. The molecule has 8 heteroatoms. The van der Waals surface area contributed by atoms with Crippen molar-refractivity contribution in [2.75, 3.05) is 13.7 Å². The predicted molar refractivity (Wildman–Crippen MR) is 137 cm³/mol. The molecule has 1 unspecified atom stereocenters. The van der Waals surface area contributed by atoms with Crippen molar-refractivity contribution < 1.29 is 24.5 Å². The molecular formula is C28H23ClN2O5. The van der Waals surface area contributed by atoms with Crippen LogP contribution in [-0.4, -0.2) is 45.4 Å². The maximum absolute atomic E-state index is 13.3. The number of carbonyl (C=O) groups excluding carboxylic acids is 2. The van der Waals surface area contributed by atoms with E-state index in [4.69, 9.17) is 16.3 Å². The maximum Gasteiger partial charge on any atom is 0.295 e. The number of aliphatic hydroxyl groups is 1. The first kappa shape index (κ1) is 23.5. The predicted octanol–water partition coefficient (Wildman–Crippen LogP) is 5.20. The van der Waals surface area contributed by atoms with Crippen LogP contribution in [0.3, 0.4) is 0 Å². The second kappa shape index (κ2) is 9.43. The van der Waals surface area contributed by atoms with Gasteiger partial charge in [-0.25, -0.2) is 0 Å². The summed E-state index contributed by atoms with van der Waals surface area (Å²) < 4.78 is 5.25. The van der Waals surface area contributed by atoms with Crippen molar-refractivity contribution >= 4 is 40.0 Å². The molecule has 3 aromatic carbocycles. The number of likely N-dealkylation sites (tertiary alicyclic amines) is 1. The lowest BCUT2D eigenvalue weighted by atomic mass is 9.95. The molecule has 0 radical (unpaired) electrons. The number of aromatic amines is 1. The van der Waals surface area contributed by atoms with E-state index in [0.29, 0.717) is 28.3 Å². The number of nitrogens with one attached hydrogen (secondary N) is 1. The van der Waals surface area contributed by atoms with Crippen LogP contribution in [-0.2, 0) is 16.0 Å². The highest BCUT2D eigenvalue weighted by Gasteiger charge is 2.46. The Kier molecular flexibility index (Phi) is 6.16. The Labute approximate surface area is 212 Å². The lowest BCUT2D eigenvalue weighted by molar-refractivity contribution is -0.139. The summed E-state index contributed by atoms with van der Waals surface area (Å²) in [5, 5.41) is 22.4. The number of ketones is 1. The summed E-state index contributed by atoms with van der Waals surface area (Å²) in [6.07, 6.45) is 2.40. The normalized spacial score (nSPS) is 17.2. The largest absolute Gasteiger partial charge is 0.508 e. The fraction of sp³-hybridized carbons (Fsp3) is 0.143. The number of hydrogen-bond acceptors (Lipinski definition) is 5. The summed E-state index contributed by atoms with van der Waals surface area (Å²) in [5.74, 6) is -1.42. The molecule has 3 N–H and O–H groups in total. The number of Topliss-reactive ketones (excluding diaryl/α,β-unsaturated/α-hetero) is 1. The molecule has 1 aromatic heterocycles. The van der Waals surface area contributed by atoms with Crippen molar-refractivity contribution in [3.8, 4) is 11.5 Å². The van der Waals surface area contributed by atoms with Gasteiger partial charge in [-0.1, -0.05) is 41.9 Å². The zero-order chi connectivity index (χ0) is 25.4. The Morgan fingerprint density at radius 1 is 1.08 bits per heavy atom. The Balaban J connectivity index is 1.58. The minimum Gasteiger partial charge on any atom is -0.508 e. The van der Waals surface area contributed by atoms with E-state index in [1.807, 2.05) is 30.5 Å². The number of H-pyrrole nitrogens is 1. The van der Waals surface area contributed by atoms with E-state index in [0.717, 1.165) is 16.5 Å². The number of amides is 1. The lowest BCUT2D eigenvalue weighted by Crippen LogP contribution is -2.31. The fourth-order valence-electron chi connectivity index (χ4n) is 4.66. The van der Waals surface area contributed by atoms with Crippen molar-refractivity contribution in [3.05, 3.63) is 100 Å². The smallest absolute Gasteiger partial charge is 0.295 e. The van der Waals surface area contributed by atoms with Gasteiger partial charge >= 0.3 is 0 Å². The summed E-state index contributed by atoms with van der Waals surface area (Å²) in [4.78, 5) is 31.2. The second-order valence-corrected chi connectivity index (χ2v) is 8.95. The van der Waals surface area contributed by atoms with Gasteiger partial charge in [-0.3, -0.25) is 9.59 Å². The Hall–Kier alpha value is -4.23. The monoisotopic (exact) mass is 502 g/mol. The summed E-state index contributed by atoms with van der Waals surface area (Å²) in [7, 11) is 1.45. The van der Waals surface area contributed by atoms with Crippen molar-refractivity contribution in [3.63, 3.8) is 0 Å². The van der Waals surface area contributed by atoms with Gasteiger partial charge in [0.1, 0.15) is 17.3 Å². The molecule has 36 heavy (non-hydrogen) atoms. The summed E-state index contributed by atoms with van der Waals surface area (Å²) in [5.41, 5.74) is 2.86. The molecule has 2 heterocycles. The average molecular weight is 503 g/mol. The number of fused-ring (bicyclic) bond motifs is 1. The quantitative estimate of drug-likeness (QED) is 0.191. The molecule has 1 aliphatic heterocycles. The third-order valence-electron chi connectivity index (χ3n) is 6.47. The van der Waals surface area contributed by atoms with Crippen LogP contribution < -0.4 is 4.74 Å². The van der Waals surface area contributed by atoms with Crippen molar-refractivity contribution in [2.45, 2.75) is 12.5 Å². The molecule has 4 aromatic rings. The molecule has 1 fully saturated rings. The molecule has 1 amide bonds. The number of hydrogen-bond donors (Lipinski definition) is 3. The van der Waals surface area contributed by atoms with E-state index in [1.54, 1.807) is 24.3 Å². The van der Waals surface area contributed by atoms with E-state index in [2.05, 4.69) is 4.98 Å². The number of phenols is 1. The molecule has 1 atom stereocenters. The number of rotatable bonds is 6. The number of phenolic OH excluding ortho intramolecular Hbond substituents is 1. The van der Waals surface area contributed by atoms with Crippen LogP contribution in [0.1, 0.15) is 22.7 Å². The molecule has 0 spiro atoms. The van der Waals surface area contributed by atoms with Crippen LogP contribution in [0.15, 0.2) is 78.5 Å². The number of aromatic hydroxyl groups is 1. The highest BCUT2D eigenvalue weighted by atomic mass is 35.5. The van der Waals surface area contributed by atoms with Crippen LogP contribution in [0.5, 0.6) is 11.5 Å². The molecule has 0 aliphatic carbocycles. The first-order valence-electron chi connectivity index (χ1n) is 11.3. The van der Waals surface area contributed by atoms with Crippen LogP contribution >= 0.6 is 11.6 Å². The van der Waals surface area contributed by atoms with E-state index in [9.17, 15) is 19.8 Å². The number of para-hydroxylation sites is 1. The Morgan fingerprint density at radius 2 is 1.83 bits per heavy atom. The van der Waals surface area contributed by atoms with Crippen molar-refractivity contribution in [1.29, 1.82) is 0 Å². The van der Waals surface area contributed by atoms with E-state index >= 15 is 0 Å². The number of aliphatic hydroxyl groups excluding tert-OH is 1. The van der Waals surface area contributed by atoms with Gasteiger partial charge in [-0.05, 0) is 53.9 Å². The zero-order valence-corrected chi connectivity index (χ0v) is 20.1. The number of benzene rings is 3. The fourth-order valence-corrected chi connectivity index (χ4v) is 4.85. The Morgan fingerprint density at radius 3 is 2.58 bits per heavy atom. The number of ether oxygens (including phenoxy) is 1. The third-order valence-corrected chi connectivity index (χ3v) is 6.78. The molecule has 0 bridgehead atoms. The van der Waals surface area contributed by atoms with Gasteiger partial charge in [0.15, 0.2) is 0 Å². The second-order valence-electron chi connectivity index (χ2n) is 8.54. The van der Waals surface area contributed by atoms with Crippen LogP contribution in [0.2, 0.25) is 5.02 Å². The van der Waals surface area contributed by atoms with Crippen LogP contribution in [0, 0.1) is 0 Å². The summed E-state index contributed by atoms with van der Waals surface area (Å²) in [6.45, 7) is 0.249. The third kappa shape index (κ3) is 4.07. The van der Waals surface area contributed by atoms with Gasteiger partial charge in [-0.15, -0.1) is 0 Å². The van der Waals surface area contributed by atoms with Crippen molar-refractivity contribution in [2.24, 2.45) is 0 Å². The molecule has 5 rings (SSSR count). The molecule has 1 saturated heterocycles. The van der Waals surface area contributed by atoms with Gasteiger partial charge in [0.25, 0.3) is 11.7 Å². The van der Waals surface area contributed by atoms with E-state index in [-0.39, 0.29) is 23.6 Å². The molecule has 182 valence electrons. The highest BCUT2D eigenvalue weighted by Crippen LogP contribution is 2.41. The van der Waals surface area contributed by atoms with Gasteiger partial charge in [-0.2, -0.15) is 0 Å². The van der Waals surface area contributed by atoms with Crippen molar-refractivity contribution in [1.82, 2.24) is 9.88 Å². The Bertz CT molecular complexity index is 1510. The minimum atomic E-state index is -0.836. The van der Waals surface area contributed by atoms with Gasteiger partial charge in [0.05, 0.1) is 23.7 Å². The van der Waals surface area contributed by atoms with Gasteiger partial charge in [0.2, 0.25) is 0 Å². The first-order valence-corrected chi connectivity index (χ1v) is 11.7. The summed E-state index contributed by atoms with van der Waals surface area (Å²) in [6, 6.07) is 17.9. The molecule has 0 saturated carbocycles. The average Bonchev–Trinajstić information content (AvgIpc) is 3.41. The van der Waals surface area contributed by atoms with E-state index < -0.39 is 17.7 Å². The zero-order valence-electron chi connectivity index (χ0n) is 19.4. The topological polar surface area (TPSA) is 103 Å². The summed E-state index contributed by atoms with van der Waals surface area (Å²) >= 11 is 6.13. The minimum absolute atomic E-state index is 0.0333. The number of halogens is 1. The standard InChI is InChI=1S/C28H23ClN2O5/c1-36-23-14-17(8-11-21(23)29)26(33)24-25(16-6-9-19(32)10-7-16)31(28(35)27(24)34)13-12-18-15-30-22-5-3-2-4-20(18)22/h2-11,14-15,25,30,32-33H,12-13H2,1H3/b26-24+. The number of carbonyl (C=O) groups is 2. The number of nitrogens with zero attached hydrogens (tertiary/aromatic N) is 1. The SMILES string of the molecule is COc1cc(/C(O)=C2\C(=O)C(=O)N(CCc3c[nH]c4ccccc34)C2c2ccc(O)cc2)ccc1Cl. The van der Waals surface area contributed by atoms with Gasteiger partial charge < -0.3 is 24.8 Å². The number of methoxy groups -OCH3 is 1. The number of aromatic nitrogens is 1. The van der Waals surface area contributed by atoms with Crippen LogP contribution in [0.25, 0.3) is 16.7 Å².